The zero-order valence-electron chi connectivity index (χ0n) is 11.5. The van der Waals surface area contributed by atoms with Crippen LogP contribution < -0.4 is 9.05 Å². The van der Waals surface area contributed by atoms with E-state index < -0.39 is 13.1 Å². The van der Waals surface area contributed by atoms with Crippen molar-refractivity contribution in [1.82, 2.24) is 0 Å². The summed E-state index contributed by atoms with van der Waals surface area (Å²) < 4.78 is 23.5. The van der Waals surface area contributed by atoms with Crippen molar-refractivity contribution in [2.24, 2.45) is 0 Å². The van der Waals surface area contributed by atoms with E-state index in [0.29, 0.717) is 11.5 Å². The van der Waals surface area contributed by atoms with E-state index in [1.54, 1.807) is 67.6 Å². The monoisotopic (exact) mass is 302 g/mol. The summed E-state index contributed by atoms with van der Waals surface area (Å²) >= 11 is 0. The van der Waals surface area contributed by atoms with Crippen molar-refractivity contribution in [3.63, 3.8) is 0 Å². The number of allylic oxidation sites excluding steroid dienone is 2. The average molecular weight is 302 g/mol. The number of hydrogen-bond donors (Lipinski definition) is 0. The lowest BCUT2D eigenvalue weighted by Gasteiger charge is -2.17. The van der Waals surface area contributed by atoms with Gasteiger partial charge in [0.2, 0.25) is 0 Å². The fourth-order valence-corrected chi connectivity index (χ4v) is 2.93. The van der Waals surface area contributed by atoms with Crippen molar-refractivity contribution in [3.8, 4) is 11.5 Å². The number of hydrogen-bond acceptors (Lipinski definition) is 4. The molecule has 2 rings (SSSR count). The van der Waals surface area contributed by atoms with Gasteiger partial charge in [-0.1, -0.05) is 42.5 Å². The first-order chi connectivity index (χ1) is 10.1. The Balaban J connectivity index is 2.30. The van der Waals surface area contributed by atoms with Crippen LogP contribution in [0.1, 0.15) is 6.92 Å². The standard InChI is InChI=1S/C16H15O4P/c1-2-9-16(17)21(18,19-14-10-5-3-6-11-14)20-15-12-7-4-8-13-15/h2-13H,1H3. The summed E-state index contributed by atoms with van der Waals surface area (Å²) in [5.41, 5.74) is -0.697. The largest absolute Gasteiger partial charge is 0.502 e. The minimum atomic E-state index is -4.00. The molecule has 0 aliphatic rings. The Morgan fingerprint density at radius 3 is 1.71 bits per heavy atom. The Morgan fingerprint density at radius 2 is 1.33 bits per heavy atom. The molecule has 108 valence electrons. The highest BCUT2D eigenvalue weighted by atomic mass is 31.2. The van der Waals surface area contributed by atoms with Crippen molar-refractivity contribution in [2.45, 2.75) is 6.92 Å². The van der Waals surface area contributed by atoms with Crippen LogP contribution in [-0.2, 0) is 9.36 Å². The summed E-state index contributed by atoms with van der Waals surface area (Å²) in [6.45, 7) is 1.66. The third kappa shape index (κ3) is 4.07. The molecule has 0 saturated carbocycles. The van der Waals surface area contributed by atoms with Crippen molar-refractivity contribution in [1.29, 1.82) is 0 Å². The smallest absolute Gasteiger partial charge is 0.411 e. The molecule has 0 unspecified atom stereocenters. The molecule has 0 atom stereocenters. The summed E-state index contributed by atoms with van der Waals surface area (Å²) in [7, 11) is -4.00. The van der Waals surface area contributed by atoms with E-state index in [9.17, 15) is 9.36 Å². The van der Waals surface area contributed by atoms with Crippen molar-refractivity contribution < 1.29 is 18.4 Å². The lowest BCUT2D eigenvalue weighted by Crippen LogP contribution is -2.09. The quantitative estimate of drug-likeness (QED) is 0.584. The maximum absolute atomic E-state index is 12.8. The van der Waals surface area contributed by atoms with Crippen molar-refractivity contribution >= 4 is 13.1 Å². The van der Waals surface area contributed by atoms with Gasteiger partial charge in [0, 0.05) is 0 Å². The summed E-state index contributed by atoms with van der Waals surface area (Å²) in [5, 5.41) is 0. The van der Waals surface area contributed by atoms with Gasteiger partial charge in [0.25, 0.3) is 5.52 Å². The number of carbonyl (C=O) groups is 1. The molecule has 0 spiro atoms. The van der Waals surface area contributed by atoms with E-state index in [0.717, 1.165) is 0 Å². The van der Waals surface area contributed by atoms with Crippen molar-refractivity contribution in [2.75, 3.05) is 0 Å². The lowest BCUT2D eigenvalue weighted by atomic mass is 10.3. The van der Waals surface area contributed by atoms with Crippen LogP contribution in [0.2, 0.25) is 0 Å². The van der Waals surface area contributed by atoms with Gasteiger partial charge in [-0.05, 0) is 37.3 Å². The first-order valence-corrected chi connectivity index (χ1v) is 7.95. The number of carbonyl (C=O) groups excluding carboxylic acids is 1. The third-order valence-electron chi connectivity index (χ3n) is 2.52. The highest BCUT2D eigenvalue weighted by Gasteiger charge is 2.36. The molecule has 2 aromatic carbocycles. The lowest BCUT2D eigenvalue weighted by molar-refractivity contribution is -0.109. The average Bonchev–Trinajstić information content (AvgIpc) is 2.49. The molecule has 21 heavy (non-hydrogen) atoms. The maximum atomic E-state index is 12.8. The summed E-state index contributed by atoms with van der Waals surface area (Å²) in [6, 6.07) is 16.9. The molecule has 0 aromatic heterocycles. The maximum Gasteiger partial charge on any atom is 0.502 e. The highest BCUT2D eigenvalue weighted by Crippen LogP contribution is 2.49. The van der Waals surface area contributed by atoms with Crippen LogP contribution in [0, 0.1) is 0 Å². The van der Waals surface area contributed by atoms with Crippen LogP contribution in [0.4, 0.5) is 0 Å². The minimum absolute atomic E-state index is 0.314. The van der Waals surface area contributed by atoms with Gasteiger partial charge in [-0.3, -0.25) is 4.79 Å². The molecule has 0 amide bonds. The zero-order chi connectivity index (χ0) is 15.1. The third-order valence-corrected chi connectivity index (χ3v) is 4.11. The second-order valence-electron chi connectivity index (χ2n) is 4.14. The van der Waals surface area contributed by atoms with Gasteiger partial charge < -0.3 is 9.05 Å². The van der Waals surface area contributed by atoms with E-state index in [1.165, 1.54) is 12.2 Å². The molecule has 0 radical (unpaired) electrons. The SMILES string of the molecule is CC=CC(=O)P(=O)(Oc1ccccc1)Oc1ccccc1. The first kappa shape index (κ1) is 15.1. The molecule has 0 heterocycles. The minimum Gasteiger partial charge on any atom is -0.411 e. The van der Waals surface area contributed by atoms with E-state index in [-0.39, 0.29) is 0 Å². The summed E-state index contributed by atoms with van der Waals surface area (Å²) in [4.78, 5) is 12.1. The molecule has 0 saturated heterocycles. The molecule has 0 aliphatic carbocycles. The Morgan fingerprint density at radius 1 is 0.905 bits per heavy atom. The normalized spacial score (nSPS) is 11.3. The number of rotatable bonds is 6. The number of benzene rings is 2. The number of para-hydroxylation sites is 2. The van der Waals surface area contributed by atoms with Gasteiger partial charge in [0.15, 0.2) is 0 Å². The van der Waals surface area contributed by atoms with Crippen LogP contribution in [0.15, 0.2) is 72.8 Å². The van der Waals surface area contributed by atoms with Crippen LogP contribution >= 0.6 is 7.60 Å². The first-order valence-electron chi connectivity index (χ1n) is 6.40. The predicted octanol–water partition coefficient (Wildman–Crippen LogP) is 4.44. The van der Waals surface area contributed by atoms with Gasteiger partial charge in [-0.15, -0.1) is 0 Å². The predicted molar refractivity (Wildman–Crippen MR) is 81.6 cm³/mol. The van der Waals surface area contributed by atoms with Crippen LogP contribution in [0.25, 0.3) is 0 Å². The van der Waals surface area contributed by atoms with Crippen LogP contribution in [0.3, 0.4) is 0 Å². The Hall–Kier alpha value is -2.32. The van der Waals surface area contributed by atoms with Gasteiger partial charge in [0.05, 0.1) is 0 Å². The van der Waals surface area contributed by atoms with E-state index in [4.69, 9.17) is 9.05 Å². The summed E-state index contributed by atoms with van der Waals surface area (Å²) in [5.74, 6) is 0.629. The molecule has 4 nitrogen and oxygen atoms in total. The van der Waals surface area contributed by atoms with E-state index in [2.05, 4.69) is 0 Å². The van der Waals surface area contributed by atoms with Crippen molar-refractivity contribution in [3.05, 3.63) is 72.8 Å². The van der Waals surface area contributed by atoms with Crippen LogP contribution in [0.5, 0.6) is 11.5 Å². The highest BCUT2D eigenvalue weighted by molar-refractivity contribution is 7.73. The van der Waals surface area contributed by atoms with E-state index >= 15 is 0 Å². The molecule has 2 aromatic rings. The zero-order valence-corrected chi connectivity index (χ0v) is 12.4. The fourth-order valence-electron chi connectivity index (χ4n) is 1.58. The molecule has 0 aliphatic heterocycles. The summed E-state index contributed by atoms with van der Waals surface area (Å²) in [6.07, 6.45) is 2.68. The Labute approximate surface area is 123 Å². The topological polar surface area (TPSA) is 52.6 Å². The Kier molecular flexibility index (Phi) is 4.96. The van der Waals surface area contributed by atoms with Crippen LogP contribution in [-0.4, -0.2) is 5.52 Å². The molecule has 5 heteroatoms. The fraction of sp³-hybridized carbons (Fsp3) is 0.0625. The second-order valence-corrected chi connectivity index (χ2v) is 5.95. The molecular weight excluding hydrogens is 287 g/mol. The van der Waals surface area contributed by atoms with Gasteiger partial charge in [-0.25, -0.2) is 4.57 Å². The van der Waals surface area contributed by atoms with Gasteiger partial charge in [-0.2, -0.15) is 0 Å². The molecule has 0 bridgehead atoms. The molecular formula is C16H15O4P. The molecule has 0 N–H and O–H groups in total. The van der Waals surface area contributed by atoms with E-state index in [1.807, 2.05) is 0 Å². The van der Waals surface area contributed by atoms with Gasteiger partial charge >= 0.3 is 7.60 Å². The molecule has 0 fully saturated rings. The Bertz CT molecular complexity index is 620. The second kappa shape index (κ2) is 6.91. The van der Waals surface area contributed by atoms with Gasteiger partial charge in [0.1, 0.15) is 11.5 Å².